The summed E-state index contributed by atoms with van der Waals surface area (Å²) >= 11 is 0. The van der Waals surface area contributed by atoms with Gasteiger partial charge in [0.2, 0.25) is 0 Å². The number of carbonyl (C=O) groups is 1. The minimum Gasteiger partial charge on any atom is -0.466 e. The third kappa shape index (κ3) is 6.89. The first kappa shape index (κ1) is 28.0. The molecule has 0 amide bonds. The highest BCUT2D eigenvalue weighted by Crippen LogP contribution is 2.37. The van der Waals surface area contributed by atoms with Crippen molar-refractivity contribution in [3.63, 3.8) is 0 Å². The van der Waals surface area contributed by atoms with Crippen LogP contribution < -0.4 is 10.4 Å². The standard InChI is InChI=1S/C28H40O5Si/c1-22(18-19-26(29)31-7)27(32-21-30-6)23(2)20-33-34(28(3,4)5,24-14-10-8-11-15-24)25-16-12-9-13-17-25/h8-19,22-23,27H,20-21H2,1-7H3/b19-18+/t22-,23+,27+/m0/s1. The molecule has 0 fully saturated rings. The maximum atomic E-state index is 11.6. The number of esters is 1. The van der Waals surface area contributed by atoms with Gasteiger partial charge in [0, 0.05) is 31.6 Å². The second-order valence-electron chi connectivity index (χ2n) is 9.73. The van der Waals surface area contributed by atoms with Gasteiger partial charge in [-0.3, -0.25) is 0 Å². The van der Waals surface area contributed by atoms with Gasteiger partial charge < -0.3 is 18.6 Å². The first-order valence-electron chi connectivity index (χ1n) is 11.8. The lowest BCUT2D eigenvalue weighted by Gasteiger charge is -2.44. The van der Waals surface area contributed by atoms with Gasteiger partial charge in [-0.25, -0.2) is 4.79 Å². The van der Waals surface area contributed by atoms with Crippen molar-refractivity contribution in [2.24, 2.45) is 11.8 Å². The summed E-state index contributed by atoms with van der Waals surface area (Å²) in [6.45, 7) is 11.6. The molecular formula is C28H40O5Si. The van der Waals surface area contributed by atoms with Crippen molar-refractivity contribution in [1.29, 1.82) is 0 Å². The van der Waals surface area contributed by atoms with Gasteiger partial charge in [0.15, 0.2) is 0 Å². The first-order valence-corrected chi connectivity index (χ1v) is 13.7. The molecule has 0 unspecified atom stereocenters. The van der Waals surface area contributed by atoms with Crippen LogP contribution in [-0.4, -0.2) is 48.0 Å². The van der Waals surface area contributed by atoms with E-state index in [1.54, 1.807) is 7.11 Å². The number of benzene rings is 2. The van der Waals surface area contributed by atoms with Crippen LogP contribution in [0.25, 0.3) is 0 Å². The third-order valence-corrected chi connectivity index (χ3v) is 11.2. The van der Waals surface area contributed by atoms with Gasteiger partial charge in [0.1, 0.15) is 6.79 Å². The summed E-state index contributed by atoms with van der Waals surface area (Å²) in [5.74, 6) is -0.366. The Morgan fingerprint density at radius 2 is 1.47 bits per heavy atom. The van der Waals surface area contributed by atoms with E-state index in [1.807, 2.05) is 25.1 Å². The zero-order chi connectivity index (χ0) is 25.2. The Bertz CT molecular complexity index is 853. The molecular weight excluding hydrogens is 444 g/mol. The van der Waals surface area contributed by atoms with E-state index >= 15 is 0 Å². The minimum absolute atomic E-state index is 0.0352. The van der Waals surface area contributed by atoms with Crippen molar-refractivity contribution in [3.05, 3.63) is 72.8 Å². The van der Waals surface area contributed by atoms with E-state index in [-0.39, 0.29) is 35.7 Å². The van der Waals surface area contributed by atoms with Gasteiger partial charge in [0.05, 0.1) is 13.2 Å². The molecule has 0 aliphatic heterocycles. The molecule has 0 spiro atoms. The highest BCUT2D eigenvalue weighted by atomic mass is 28.4. The number of hydrogen-bond acceptors (Lipinski definition) is 5. The largest absolute Gasteiger partial charge is 0.466 e. The van der Waals surface area contributed by atoms with E-state index in [9.17, 15) is 4.79 Å². The Morgan fingerprint density at radius 3 is 1.91 bits per heavy atom. The molecule has 0 saturated heterocycles. The van der Waals surface area contributed by atoms with Crippen molar-refractivity contribution in [1.82, 2.24) is 0 Å². The fraction of sp³-hybridized carbons (Fsp3) is 0.464. The summed E-state index contributed by atoms with van der Waals surface area (Å²) in [4.78, 5) is 11.6. The molecule has 2 aromatic carbocycles. The second-order valence-corrected chi connectivity index (χ2v) is 14.0. The van der Waals surface area contributed by atoms with Crippen molar-refractivity contribution in [3.8, 4) is 0 Å². The smallest absolute Gasteiger partial charge is 0.330 e. The summed E-state index contributed by atoms with van der Waals surface area (Å²) in [6, 6.07) is 21.2. The van der Waals surface area contributed by atoms with Gasteiger partial charge in [-0.15, -0.1) is 0 Å². The molecule has 2 aromatic rings. The molecule has 0 aliphatic carbocycles. The van der Waals surface area contributed by atoms with E-state index < -0.39 is 8.32 Å². The second kappa shape index (κ2) is 13.0. The van der Waals surface area contributed by atoms with Crippen LogP contribution in [0, 0.1) is 11.8 Å². The van der Waals surface area contributed by atoms with Gasteiger partial charge in [-0.05, 0) is 15.4 Å². The van der Waals surface area contributed by atoms with Gasteiger partial charge in [0.25, 0.3) is 8.32 Å². The lowest BCUT2D eigenvalue weighted by Crippen LogP contribution is -2.67. The monoisotopic (exact) mass is 484 g/mol. The molecule has 3 atom stereocenters. The predicted octanol–water partition coefficient (Wildman–Crippen LogP) is 4.55. The Hall–Kier alpha value is -2.25. The number of carbonyl (C=O) groups excluding carboxylic acids is 1. The summed E-state index contributed by atoms with van der Waals surface area (Å²) in [7, 11) is 0.333. The molecule has 0 aliphatic rings. The van der Waals surface area contributed by atoms with Crippen molar-refractivity contribution < 1.29 is 23.4 Å². The maximum absolute atomic E-state index is 11.6. The minimum atomic E-state index is -2.65. The van der Waals surface area contributed by atoms with Crippen LogP contribution in [0.2, 0.25) is 5.04 Å². The van der Waals surface area contributed by atoms with Gasteiger partial charge in [-0.2, -0.15) is 0 Å². The van der Waals surface area contributed by atoms with Crippen molar-refractivity contribution in [2.45, 2.75) is 45.8 Å². The Morgan fingerprint density at radius 1 is 0.941 bits per heavy atom. The molecule has 6 heteroatoms. The Kier molecular flexibility index (Phi) is 10.7. The van der Waals surface area contributed by atoms with Crippen LogP contribution in [0.3, 0.4) is 0 Å². The quantitative estimate of drug-likeness (QED) is 0.191. The fourth-order valence-corrected chi connectivity index (χ4v) is 9.17. The van der Waals surface area contributed by atoms with E-state index in [2.05, 4.69) is 76.2 Å². The maximum Gasteiger partial charge on any atom is 0.330 e. The van der Waals surface area contributed by atoms with E-state index in [0.29, 0.717) is 6.61 Å². The Balaban J connectivity index is 2.40. The summed E-state index contributed by atoms with van der Waals surface area (Å²) in [6.07, 6.45) is 3.08. The van der Waals surface area contributed by atoms with Crippen LogP contribution in [-0.2, 0) is 23.4 Å². The summed E-state index contributed by atoms with van der Waals surface area (Å²) in [5, 5.41) is 2.39. The first-order chi connectivity index (χ1) is 16.2. The Labute approximate surface area is 206 Å². The molecule has 0 aromatic heterocycles. The van der Waals surface area contributed by atoms with Crippen LogP contribution in [0.1, 0.15) is 34.6 Å². The van der Waals surface area contributed by atoms with Crippen LogP contribution in [0.15, 0.2) is 72.8 Å². The van der Waals surface area contributed by atoms with E-state index in [1.165, 1.54) is 23.6 Å². The van der Waals surface area contributed by atoms with Gasteiger partial charge in [-0.1, -0.05) is 101 Å². The predicted molar refractivity (Wildman–Crippen MR) is 140 cm³/mol. The molecule has 0 bridgehead atoms. The summed E-state index contributed by atoms with van der Waals surface area (Å²) < 4.78 is 23.1. The zero-order valence-electron chi connectivity index (χ0n) is 21.6. The number of hydrogen-bond donors (Lipinski definition) is 0. The molecule has 0 N–H and O–H groups in total. The van der Waals surface area contributed by atoms with Crippen LogP contribution in [0.5, 0.6) is 0 Å². The third-order valence-electron chi connectivity index (χ3n) is 6.17. The SMILES string of the molecule is COCO[C@@H]([C@H](C)CO[Si](c1ccccc1)(c1ccccc1)C(C)(C)C)[C@@H](C)/C=C/C(=O)OC. The highest BCUT2D eigenvalue weighted by Gasteiger charge is 2.50. The van der Waals surface area contributed by atoms with Crippen molar-refractivity contribution in [2.75, 3.05) is 27.6 Å². The number of ether oxygens (including phenoxy) is 3. The molecule has 2 rings (SSSR count). The zero-order valence-corrected chi connectivity index (χ0v) is 22.6. The molecule has 0 saturated carbocycles. The lowest BCUT2D eigenvalue weighted by molar-refractivity contribution is -0.134. The van der Waals surface area contributed by atoms with E-state index in [4.69, 9.17) is 18.6 Å². The average molecular weight is 485 g/mol. The van der Waals surface area contributed by atoms with E-state index in [0.717, 1.165) is 0 Å². The van der Waals surface area contributed by atoms with Gasteiger partial charge >= 0.3 is 5.97 Å². The number of rotatable bonds is 12. The number of methoxy groups -OCH3 is 2. The van der Waals surface area contributed by atoms with Crippen LogP contribution >= 0.6 is 0 Å². The van der Waals surface area contributed by atoms with Crippen molar-refractivity contribution >= 4 is 24.7 Å². The fourth-order valence-electron chi connectivity index (χ4n) is 4.50. The van der Waals surface area contributed by atoms with Crippen LogP contribution in [0.4, 0.5) is 0 Å². The molecule has 186 valence electrons. The normalized spacial score (nSPS) is 15.1. The summed E-state index contributed by atoms with van der Waals surface area (Å²) in [5.41, 5.74) is 0. The molecule has 34 heavy (non-hydrogen) atoms. The molecule has 5 nitrogen and oxygen atoms in total. The average Bonchev–Trinajstić information content (AvgIpc) is 2.83. The molecule has 0 heterocycles. The highest BCUT2D eigenvalue weighted by molar-refractivity contribution is 6.99. The topological polar surface area (TPSA) is 54.0 Å². The lowest BCUT2D eigenvalue weighted by atomic mass is 9.93. The molecule has 0 radical (unpaired) electrons.